The van der Waals surface area contributed by atoms with Gasteiger partial charge in [0.05, 0.1) is 24.0 Å². The molecule has 1 heterocycles. The second-order valence-corrected chi connectivity index (χ2v) is 4.71. The van der Waals surface area contributed by atoms with Gasteiger partial charge in [0.2, 0.25) is 0 Å². The number of amides is 1. The molecule has 0 unspecified atom stereocenters. The summed E-state index contributed by atoms with van der Waals surface area (Å²) in [7, 11) is 1.62. The van der Waals surface area contributed by atoms with Gasteiger partial charge in [-0.1, -0.05) is 6.07 Å². The van der Waals surface area contributed by atoms with Gasteiger partial charge in [-0.05, 0) is 24.6 Å². The minimum atomic E-state index is -0.272. The number of carbonyl (C=O) groups is 1. The topological polar surface area (TPSA) is 99.9 Å². The number of nitrogens with one attached hydrogen (secondary N) is 2. The van der Waals surface area contributed by atoms with E-state index in [-0.39, 0.29) is 11.6 Å². The Morgan fingerprint density at radius 2 is 2.22 bits per heavy atom. The van der Waals surface area contributed by atoms with E-state index in [1.54, 1.807) is 25.3 Å². The van der Waals surface area contributed by atoms with E-state index in [1.165, 1.54) is 12.4 Å². The van der Waals surface area contributed by atoms with Crippen LogP contribution in [0.3, 0.4) is 0 Å². The summed E-state index contributed by atoms with van der Waals surface area (Å²) in [6.45, 7) is 1.12. The summed E-state index contributed by atoms with van der Waals surface area (Å²) in [4.78, 5) is 20.1. The third-order valence-electron chi connectivity index (χ3n) is 2.96. The second kappa shape index (κ2) is 8.46. The number of rotatable bonds is 7. The number of methoxy groups -OCH3 is 1. The SMILES string of the molecule is COCCCNC(=O)c1cnc(Nc2cccc(C#N)c2)cn1. The first kappa shape index (κ1) is 16.4. The van der Waals surface area contributed by atoms with Crippen molar-refractivity contribution in [3.05, 3.63) is 47.9 Å². The van der Waals surface area contributed by atoms with E-state index in [2.05, 4.69) is 26.7 Å². The Bertz CT molecular complexity index is 694. The average molecular weight is 311 g/mol. The lowest BCUT2D eigenvalue weighted by molar-refractivity contribution is 0.0943. The molecule has 0 saturated carbocycles. The minimum Gasteiger partial charge on any atom is -0.385 e. The molecule has 1 aromatic heterocycles. The van der Waals surface area contributed by atoms with Crippen LogP contribution in [0.4, 0.5) is 11.5 Å². The molecule has 23 heavy (non-hydrogen) atoms. The van der Waals surface area contributed by atoms with Crippen molar-refractivity contribution in [1.82, 2.24) is 15.3 Å². The summed E-state index contributed by atoms with van der Waals surface area (Å²) < 4.78 is 4.91. The van der Waals surface area contributed by atoms with Gasteiger partial charge in [0.1, 0.15) is 11.5 Å². The Labute approximate surface area is 134 Å². The molecule has 0 radical (unpaired) electrons. The lowest BCUT2D eigenvalue weighted by atomic mass is 10.2. The van der Waals surface area contributed by atoms with Gasteiger partial charge in [0.15, 0.2) is 0 Å². The normalized spacial score (nSPS) is 9.91. The highest BCUT2D eigenvalue weighted by Gasteiger charge is 2.07. The van der Waals surface area contributed by atoms with Gasteiger partial charge in [0, 0.05) is 25.9 Å². The van der Waals surface area contributed by atoms with Crippen molar-refractivity contribution >= 4 is 17.4 Å². The summed E-state index contributed by atoms with van der Waals surface area (Å²) in [6, 6.07) is 9.08. The fourth-order valence-corrected chi connectivity index (χ4v) is 1.83. The molecule has 0 saturated heterocycles. The first-order chi connectivity index (χ1) is 11.2. The van der Waals surface area contributed by atoms with Crippen LogP contribution in [0, 0.1) is 11.3 Å². The fourth-order valence-electron chi connectivity index (χ4n) is 1.83. The van der Waals surface area contributed by atoms with E-state index in [1.807, 2.05) is 6.07 Å². The van der Waals surface area contributed by atoms with Crippen LogP contribution in [-0.4, -0.2) is 36.1 Å². The highest BCUT2D eigenvalue weighted by molar-refractivity contribution is 5.92. The van der Waals surface area contributed by atoms with Crippen molar-refractivity contribution < 1.29 is 9.53 Å². The van der Waals surface area contributed by atoms with Crippen molar-refractivity contribution in [3.8, 4) is 6.07 Å². The molecule has 7 heteroatoms. The van der Waals surface area contributed by atoms with Gasteiger partial charge in [0.25, 0.3) is 5.91 Å². The quantitative estimate of drug-likeness (QED) is 0.757. The van der Waals surface area contributed by atoms with E-state index in [0.717, 1.165) is 12.1 Å². The highest BCUT2D eigenvalue weighted by Crippen LogP contribution is 2.14. The summed E-state index contributed by atoms with van der Waals surface area (Å²) in [6.07, 6.45) is 3.62. The standard InChI is InChI=1S/C16H17N5O2/c1-23-7-3-6-18-16(22)14-10-20-15(11-19-14)21-13-5-2-4-12(8-13)9-17/h2,4-5,8,10-11H,3,6-7H2,1H3,(H,18,22)(H,20,21). The van der Waals surface area contributed by atoms with Gasteiger partial charge < -0.3 is 15.4 Å². The lowest BCUT2D eigenvalue weighted by Gasteiger charge is -2.07. The maximum absolute atomic E-state index is 11.9. The molecule has 0 aliphatic carbocycles. The number of ether oxygens (including phenoxy) is 1. The van der Waals surface area contributed by atoms with E-state index in [9.17, 15) is 4.79 Å². The van der Waals surface area contributed by atoms with Crippen LogP contribution in [-0.2, 0) is 4.74 Å². The van der Waals surface area contributed by atoms with E-state index >= 15 is 0 Å². The molecule has 0 bridgehead atoms. The first-order valence-electron chi connectivity index (χ1n) is 7.09. The third kappa shape index (κ3) is 5.05. The minimum absolute atomic E-state index is 0.249. The van der Waals surface area contributed by atoms with Gasteiger partial charge in [-0.15, -0.1) is 0 Å². The van der Waals surface area contributed by atoms with Crippen molar-refractivity contribution in [3.63, 3.8) is 0 Å². The molecule has 0 aliphatic rings. The number of aromatic nitrogens is 2. The van der Waals surface area contributed by atoms with Crippen LogP contribution in [0.25, 0.3) is 0 Å². The third-order valence-corrected chi connectivity index (χ3v) is 2.96. The second-order valence-electron chi connectivity index (χ2n) is 4.71. The van der Waals surface area contributed by atoms with Crippen molar-refractivity contribution in [2.45, 2.75) is 6.42 Å². The average Bonchev–Trinajstić information content (AvgIpc) is 2.59. The van der Waals surface area contributed by atoms with Crippen LogP contribution >= 0.6 is 0 Å². The van der Waals surface area contributed by atoms with Gasteiger partial charge in [-0.25, -0.2) is 9.97 Å². The molecule has 1 amide bonds. The van der Waals surface area contributed by atoms with Crippen LogP contribution in [0.5, 0.6) is 0 Å². The predicted octanol–water partition coefficient (Wildman–Crippen LogP) is 1.86. The van der Waals surface area contributed by atoms with E-state index < -0.39 is 0 Å². The molecular weight excluding hydrogens is 294 g/mol. The fraction of sp³-hybridized carbons (Fsp3) is 0.250. The van der Waals surface area contributed by atoms with Crippen LogP contribution in [0.15, 0.2) is 36.7 Å². The van der Waals surface area contributed by atoms with E-state index in [0.29, 0.717) is 24.5 Å². The summed E-state index contributed by atoms with van der Waals surface area (Å²) in [5.41, 5.74) is 1.53. The molecule has 0 aliphatic heterocycles. The Kier molecular flexibility index (Phi) is 6.03. The molecule has 0 atom stereocenters. The molecule has 1 aromatic carbocycles. The zero-order chi connectivity index (χ0) is 16.5. The van der Waals surface area contributed by atoms with Crippen molar-refractivity contribution in [2.24, 2.45) is 0 Å². The van der Waals surface area contributed by atoms with Crippen molar-refractivity contribution in [2.75, 3.05) is 25.6 Å². The smallest absolute Gasteiger partial charge is 0.271 e. The molecule has 118 valence electrons. The Morgan fingerprint density at radius 1 is 1.35 bits per heavy atom. The zero-order valence-electron chi connectivity index (χ0n) is 12.7. The number of nitriles is 1. The Morgan fingerprint density at radius 3 is 2.91 bits per heavy atom. The largest absolute Gasteiger partial charge is 0.385 e. The number of benzene rings is 1. The number of carbonyl (C=O) groups excluding carboxylic acids is 1. The van der Waals surface area contributed by atoms with Crippen LogP contribution < -0.4 is 10.6 Å². The molecule has 2 aromatic rings. The van der Waals surface area contributed by atoms with E-state index in [4.69, 9.17) is 10.00 Å². The maximum atomic E-state index is 11.9. The molecule has 2 N–H and O–H groups in total. The number of hydrogen-bond donors (Lipinski definition) is 2. The number of anilines is 2. The van der Waals surface area contributed by atoms with Crippen LogP contribution in [0.2, 0.25) is 0 Å². The maximum Gasteiger partial charge on any atom is 0.271 e. The zero-order valence-corrected chi connectivity index (χ0v) is 12.7. The van der Waals surface area contributed by atoms with Crippen LogP contribution in [0.1, 0.15) is 22.5 Å². The number of nitrogens with zero attached hydrogens (tertiary/aromatic N) is 3. The Hall–Kier alpha value is -2.98. The monoisotopic (exact) mass is 311 g/mol. The molecule has 0 spiro atoms. The predicted molar refractivity (Wildman–Crippen MR) is 85.3 cm³/mol. The van der Waals surface area contributed by atoms with Gasteiger partial charge in [-0.3, -0.25) is 4.79 Å². The van der Waals surface area contributed by atoms with Gasteiger partial charge in [-0.2, -0.15) is 5.26 Å². The number of hydrogen-bond acceptors (Lipinski definition) is 6. The summed E-state index contributed by atoms with van der Waals surface area (Å²) >= 11 is 0. The first-order valence-corrected chi connectivity index (χ1v) is 7.09. The highest BCUT2D eigenvalue weighted by atomic mass is 16.5. The molecule has 2 rings (SSSR count). The molecule has 0 fully saturated rings. The molecule has 7 nitrogen and oxygen atoms in total. The lowest BCUT2D eigenvalue weighted by Crippen LogP contribution is -2.26. The van der Waals surface area contributed by atoms with Crippen molar-refractivity contribution in [1.29, 1.82) is 5.26 Å². The molecular formula is C16H17N5O2. The summed E-state index contributed by atoms with van der Waals surface area (Å²) in [5.74, 6) is 0.225. The Balaban J connectivity index is 1.93. The van der Waals surface area contributed by atoms with Gasteiger partial charge >= 0.3 is 0 Å². The summed E-state index contributed by atoms with van der Waals surface area (Å²) in [5, 5.41) is 14.6.